The summed E-state index contributed by atoms with van der Waals surface area (Å²) in [7, 11) is 0. The maximum Gasteiger partial charge on any atom is 0.413 e. The highest BCUT2D eigenvalue weighted by atomic mass is 16.6. The Kier molecular flexibility index (Phi) is 3.74. The van der Waals surface area contributed by atoms with Gasteiger partial charge in [-0.1, -0.05) is 36.4 Å². The number of rotatable bonds is 3. The van der Waals surface area contributed by atoms with Gasteiger partial charge in [0.25, 0.3) is 5.78 Å². The summed E-state index contributed by atoms with van der Waals surface area (Å²) < 4.78 is 5.11. The van der Waals surface area contributed by atoms with Gasteiger partial charge in [0.15, 0.2) is 0 Å². The van der Waals surface area contributed by atoms with Crippen LogP contribution in [0.25, 0.3) is 10.8 Å². The van der Waals surface area contributed by atoms with Gasteiger partial charge in [0, 0.05) is 5.39 Å². The Hall–Kier alpha value is -2.87. The Bertz CT molecular complexity index is 668. The van der Waals surface area contributed by atoms with Gasteiger partial charge in [-0.2, -0.15) is 5.26 Å². The monoisotopic (exact) mass is 254 g/mol. The molecule has 94 valence electrons. The van der Waals surface area contributed by atoms with Gasteiger partial charge in [0.2, 0.25) is 0 Å². The van der Waals surface area contributed by atoms with Crippen molar-refractivity contribution in [1.82, 2.24) is 5.32 Å². The summed E-state index contributed by atoms with van der Waals surface area (Å²) in [6, 6.07) is 14.2. The molecule has 1 amide bonds. The van der Waals surface area contributed by atoms with Crippen molar-refractivity contribution in [3.05, 3.63) is 42.5 Å². The van der Waals surface area contributed by atoms with Crippen LogP contribution in [0.5, 0.6) is 5.75 Å². The average molecular weight is 254 g/mol. The van der Waals surface area contributed by atoms with Crippen molar-refractivity contribution in [3.63, 3.8) is 0 Å². The summed E-state index contributed by atoms with van der Waals surface area (Å²) in [6.45, 7) is -0.361. The number of amides is 1. The number of benzene rings is 2. The second kappa shape index (κ2) is 5.65. The van der Waals surface area contributed by atoms with Crippen LogP contribution in [0.3, 0.4) is 0 Å². The fourth-order valence-electron chi connectivity index (χ4n) is 1.61. The molecule has 0 aliphatic rings. The molecule has 0 atom stereocenters. The van der Waals surface area contributed by atoms with Gasteiger partial charge >= 0.3 is 6.09 Å². The van der Waals surface area contributed by atoms with E-state index < -0.39 is 11.9 Å². The molecule has 0 bridgehead atoms. The first-order valence-electron chi connectivity index (χ1n) is 5.57. The van der Waals surface area contributed by atoms with Crippen LogP contribution in [-0.4, -0.2) is 18.4 Å². The standard InChI is InChI=1S/C14H10N2O3/c15-8-11(17)9-16-14(18)19-13-7-3-5-10-4-1-2-6-12(10)13/h1-7H,9H2,(H,16,18). The molecule has 0 saturated heterocycles. The minimum absolute atomic E-state index is 0.361. The number of hydrogen-bond donors (Lipinski definition) is 1. The van der Waals surface area contributed by atoms with Crippen LogP contribution in [-0.2, 0) is 4.79 Å². The second-order valence-corrected chi connectivity index (χ2v) is 3.76. The third-order valence-electron chi connectivity index (χ3n) is 2.47. The van der Waals surface area contributed by atoms with E-state index in [0.717, 1.165) is 10.8 Å². The molecular formula is C14H10N2O3. The molecule has 2 aromatic carbocycles. The molecule has 0 spiro atoms. The van der Waals surface area contributed by atoms with E-state index in [9.17, 15) is 9.59 Å². The topological polar surface area (TPSA) is 79.2 Å². The molecule has 2 aromatic rings. The van der Waals surface area contributed by atoms with Crippen molar-refractivity contribution in [1.29, 1.82) is 5.26 Å². The maximum absolute atomic E-state index is 11.5. The molecule has 0 aliphatic carbocycles. The molecule has 5 heteroatoms. The molecule has 0 aromatic heterocycles. The zero-order valence-electron chi connectivity index (χ0n) is 9.92. The Labute approximate surface area is 109 Å². The van der Waals surface area contributed by atoms with Crippen LogP contribution in [0.2, 0.25) is 0 Å². The molecule has 0 saturated carbocycles. The third-order valence-corrected chi connectivity index (χ3v) is 2.47. The SMILES string of the molecule is N#CC(=O)CNC(=O)Oc1cccc2ccccc12. The van der Waals surface area contributed by atoms with Crippen molar-refractivity contribution >= 4 is 22.6 Å². The highest BCUT2D eigenvalue weighted by Crippen LogP contribution is 2.24. The number of nitrogens with one attached hydrogen (secondary N) is 1. The number of ketones is 1. The summed E-state index contributed by atoms with van der Waals surface area (Å²) in [5, 5.41) is 12.2. The first-order valence-corrected chi connectivity index (χ1v) is 5.57. The third kappa shape index (κ3) is 3.07. The summed E-state index contributed by atoms with van der Waals surface area (Å²) in [6.07, 6.45) is -0.764. The fraction of sp³-hybridized carbons (Fsp3) is 0.0714. The number of carbonyl (C=O) groups is 2. The minimum Gasteiger partial charge on any atom is -0.410 e. The van der Waals surface area contributed by atoms with E-state index in [-0.39, 0.29) is 6.54 Å². The number of nitriles is 1. The van der Waals surface area contributed by atoms with E-state index in [4.69, 9.17) is 10.00 Å². The van der Waals surface area contributed by atoms with Gasteiger partial charge in [-0.05, 0) is 11.5 Å². The molecular weight excluding hydrogens is 244 g/mol. The molecule has 0 heterocycles. The summed E-state index contributed by atoms with van der Waals surface area (Å²) in [4.78, 5) is 22.2. The lowest BCUT2D eigenvalue weighted by Gasteiger charge is -2.07. The molecule has 0 aliphatic heterocycles. The van der Waals surface area contributed by atoms with Crippen LogP contribution in [0.15, 0.2) is 42.5 Å². The van der Waals surface area contributed by atoms with E-state index in [2.05, 4.69) is 5.32 Å². The molecule has 5 nitrogen and oxygen atoms in total. The molecule has 0 radical (unpaired) electrons. The lowest BCUT2D eigenvalue weighted by molar-refractivity contribution is -0.113. The van der Waals surface area contributed by atoms with Gasteiger partial charge < -0.3 is 10.1 Å². The summed E-state index contributed by atoms with van der Waals surface area (Å²) >= 11 is 0. The lowest BCUT2D eigenvalue weighted by atomic mass is 10.1. The number of hydrogen-bond acceptors (Lipinski definition) is 4. The average Bonchev–Trinajstić information content (AvgIpc) is 2.45. The van der Waals surface area contributed by atoms with Crippen molar-refractivity contribution in [2.45, 2.75) is 0 Å². The normalized spacial score (nSPS) is 9.63. The molecule has 0 unspecified atom stereocenters. The van der Waals surface area contributed by atoms with Gasteiger partial charge in [-0.25, -0.2) is 4.79 Å². The Morgan fingerprint density at radius 3 is 2.68 bits per heavy atom. The van der Waals surface area contributed by atoms with E-state index in [0.29, 0.717) is 5.75 Å². The highest BCUT2D eigenvalue weighted by Gasteiger charge is 2.08. The predicted octanol–water partition coefficient (Wildman–Crippen LogP) is 2.02. The molecule has 2 rings (SSSR count). The zero-order valence-corrected chi connectivity index (χ0v) is 9.92. The van der Waals surface area contributed by atoms with Gasteiger partial charge in [-0.3, -0.25) is 4.79 Å². The number of nitrogens with zero attached hydrogens (tertiary/aromatic N) is 1. The smallest absolute Gasteiger partial charge is 0.410 e. The van der Waals surface area contributed by atoms with Crippen LogP contribution >= 0.6 is 0 Å². The number of Topliss-reactive ketones (excluding diaryl/α,β-unsaturated/α-hetero) is 1. The number of fused-ring (bicyclic) bond motifs is 1. The van der Waals surface area contributed by atoms with E-state index in [1.165, 1.54) is 6.07 Å². The fourth-order valence-corrected chi connectivity index (χ4v) is 1.61. The van der Waals surface area contributed by atoms with Gasteiger partial charge in [0.05, 0.1) is 6.54 Å². The molecule has 1 N–H and O–H groups in total. The Morgan fingerprint density at radius 1 is 1.16 bits per heavy atom. The number of ether oxygens (including phenoxy) is 1. The van der Waals surface area contributed by atoms with Crippen LogP contribution in [0, 0.1) is 11.3 Å². The predicted molar refractivity (Wildman–Crippen MR) is 68.6 cm³/mol. The Morgan fingerprint density at radius 2 is 1.89 bits per heavy atom. The van der Waals surface area contributed by atoms with E-state index in [1.54, 1.807) is 12.1 Å². The van der Waals surface area contributed by atoms with Crippen LogP contribution < -0.4 is 10.1 Å². The van der Waals surface area contributed by atoms with E-state index >= 15 is 0 Å². The van der Waals surface area contributed by atoms with Crippen molar-refractivity contribution < 1.29 is 14.3 Å². The first kappa shape index (κ1) is 12.6. The summed E-state index contributed by atoms with van der Waals surface area (Å²) in [5.74, 6) is -0.324. The lowest BCUT2D eigenvalue weighted by Crippen LogP contribution is -2.31. The van der Waals surface area contributed by atoms with Gasteiger partial charge in [0.1, 0.15) is 11.8 Å². The van der Waals surface area contributed by atoms with Crippen molar-refractivity contribution in [2.24, 2.45) is 0 Å². The Balaban J connectivity index is 2.11. The molecule has 0 fully saturated rings. The zero-order chi connectivity index (χ0) is 13.7. The van der Waals surface area contributed by atoms with Crippen LogP contribution in [0.4, 0.5) is 4.79 Å². The number of carbonyl (C=O) groups excluding carboxylic acids is 2. The van der Waals surface area contributed by atoms with E-state index in [1.807, 2.05) is 30.3 Å². The minimum atomic E-state index is -0.764. The quantitative estimate of drug-likeness (QED) is 0.850. The largest absolute Gasteiger partial charge is 0.413 e. The molecule has 19 heavy (non-hydrogen) atoms. The maximum atomic E-state index is 11.5. The van der Waals surface area contributed by atoms with Crippen molar-refractivity contribution in [2.75, 3.05) is 6.54 Å². The van der Waals surface area contributed by atoms with Crippen molar-refractivity contribution in [3.8, 4) is 11.8 Å². The summed E-state index contributed by atoms with van der Waals surface area (Å²) in [5.41, 5.74) is 0. The first-order chi connectivity index (χ1) is 9.20. The van der Waals surface area contributed by atoms with Crippen LogP contribution in [0.1, 0.15) is 0 Å². The van der Waals surface area contributed by atoms with Gasteiger partial charge in [-0.15, -0.1) is 0 Å². The second-order valence-electron chi connectivity index (χ2n) is 3.76. The highest BCUT2D eigenvalue weighted by molar-refractivity contribution is 5.97.